The number of aromatic amines is 1. The minimum atomic E-state index is -0.173. The fourth-order valence-electron chi connectivity index (χ4n) is 2.44. The highest BCUT2D eigenvalue weighted by molar-refractivity contribution is 5.93. The maximum Gasteiger partial charge on any atom is 0.269 e. The van der Waals surface area contributed by atoms with E-state index in [0.29, 0.717) is 18.8 Å². The number of nitrogens with zero attached hydrogens (tertiary/aromatic N) is 2. The first kappa shape index (κ1) is 16.7. The SMILES string of the molecule is CCOc1ccc(-c2cc(C(=O)NCCc3cccnc3)[nH]n2)cc1. The number of pyridine rings is 1. The fraction of sp³-hybridized carbons (Fsp3) is 0.211. The molecule has 6 nitrogen and oxygen atoms in total. The molecule has 3 rings (SSSR count). The normalized spacial score (nSPS) is 10.4. The Morgan fingerprint density at radius 2 is 2.08 bits per heavy atom. The second-order valence-electron chi connectivity index (χ2n) is 5.49. The zero-order valence-electron chi connectivity index (χ0n) is 14.0. The number of ether oxygens (including phenoxy) is 1. The number of carbonyl (C=O) groups is 1. The molecule has 0 radical (unpaired) electrons. The van der Waals surface area contributed by atoms with E-state index >= 15 is 0 Å². The summed E-state index contributed by atoms with van der Waals surface area (Å²) in [6.45, 7) is 3.12. The fourth-order valence-corrected chi connectivity index (χ4v) is 2.44. The highest BCUT2D eigenvalue weighted by Gasteiger charge is 2.10. The van der Waals surface area contributed by atoms with E-state index in [-0.39, 0.29) is 5.91 Å². The van der Waals surface area contributed by atoms with Crippen LogP contribution in [0.2, 0.25) is 0 Å². The van der Waals surface area contributed by atoms with Gasteiger partial charge in [0.2, 0.25) is 0 Å². The molecule has 2 N–H and O–H groups in total. The second-order valence-corrected chi connectivity index (χ2v) is 5.49. The number of amides is 1. The average Bonchev–Trinajstić information content (AvgIpc) is 3.14. The van der Waals surface area contributed by atoms with Gasteiger partial charge in [0.15, 0.2) is 0 Å². The summed E-state index contributed by atoms with van der Waals surface area (Å²) in [4.78, 5) is 16.3. The van der Waals surface area contributed by atoms with Gasteiger partial charge in [-0.3, -0.25) is 14.9 Å². The third-order valence-corrected chi connectivity index (χ3v) is 3.71. The van der Waals surface area contributed by atoms with E-state index < -0.39 is 0 Å². The van der Waals surface area contributed by atoms with Crippen LogP contribution in [0, 0.1) is 0 Å². The molecule has 0 aliphatic heterocycles. The molecule has 2 heterocycles. The Bertz CT molecular complexity index is 813. The summed E-state index contributed by atoms with van der Waals surface area (Å²) in [5, 5.41) is 9.88. The minimum Gasteiger partial charge on any atom is -0.494 e. The Morgan fingerprint density at radius 3 is 2.80 bits per heavy atom. The summed E-state index contributed by atoms with van der Waals surface area (Å²) in [6, 6.07) is 13.2. The van der Waals surface area contributed by atoms with Crippen molar-refractivity contribution in [2.75, 3.05) is 13.2 Å². The van der Waals surface area contributed by atoms with Gasteiger partial charge in [0, 0.05) is 24.5 Å². The highest BCUT2D eigenvalue weighted by Crippen LogP contribution is 2.21. The molecule has 0 fully saturated rings. The number of carbonyl (C=O) groups excluding carboxylic acids is 1. The topological polar surface area (TPSA) is 79.9 Å². The van der Waals surface area contributed by atoms with Gasteiger partial charge in [-0.25, -0.2) is 0 Å². The molecule has 0 aliphatic rings. The molecule has 1 amide bonds. The van der Waals surface area contributed by atoms with Crippen molar-refractivity contribution in [1.82, 2.24) is 20.5 Å². The average molecular weight is 336 g/mol. The van der Waals surface area contributed by atoms with Crippen LogP contribution >= 0.6 is 0 Å². The molecule has 0 saturated carbocycles. The van der Waals surface area contributed by atoms with Crippen molar-refractivity contribution in [1.29, 1.82) is 0 Å². The first-order valence-electron chi connectivity index (χ1n) is 8.22. The number of rotatable bonds is 7. The van der Waals surface area contributed by atoms with Crippen LogP contribution in [0.4, 0.5) is 0 Å². The van der Waals surface area contributed by atoms with Crippen LogP contribution < -0.4 is 10.1 Å². The van der Waals surface area contributed by atoms with E-state index in [4.69, 9.17) is 4.74 Å². The molecule has 0 spiro atoms. The van der Waals surface area contributed by atoms with Crippen molar-refractivity contribution < 1.29 is 9.53 Å². The summed E-state index contributed by atoms with van der Waals surface area (Å²) < 4.78 is 5.42. The van der Waals surface area contributed by atoms with Gasteiger partial charge in [-0.2, -0.15) is 5.10 Å². The van der Waals surface area contributed by atoms with E-state index in [2.05, 4.69) is 20.5 Å². The van der Waals surface area contributed by atoms with Crippen molar-refractivity contribution in [3.63, 3.8) is 0 Å². The van der Waals surface area contributed by atoms with Crippen LogP contribution in [0.3, 0.4) is 0 Å². The lowest BCUT2D eigenvalue weighted by Gasteiger charge is -2.03. The monoisotopic (exact) mass is 336 g/mol. The maximum atomic E-state index is 12.2. The first-order valence-corrected chi connectivity index (χ1v) is 8.22. The molecule has 128 valence electrons. The minimum absolute atomic E-state index is 0.173. The van der Waals surface area contributed by atoms with Crippen LogP contribution in [0.15, 0.2) is 54.9 Å². The maximum absolute atomic E-state index is 12.2. The molecule has 0 unspecified atom stereocenters. The van der Waals surface area contributed by atoms with Gasteiger partial charge in [-0.05, 0) is 55.3 Å². The zero-order valence-corrected chi connectivity index (χ0v) is 14.0. The predicted octanol–water partition coefficient (Wildman–Crippen LogP) is 2.84. The van der Waals surface area contributed by atoms with E-state index in [1.54, 1.807) is 18.5 Å². The van der Waals surface area contributed by atoms with E-state index in [1.165, 1.54) is 0 Å². The van der Waals surface area contributed by atoms with Crippen molar-refractivity contribution >= 4 is 5.91 Å². The number of hydrogen-bond acceptors (Lipinski definition) is 4. The summed E-state index contributed by atoms with van der Waals surface area (Å²) in [5.41, 5.74) is 3.17. The predicted molar refractivity (Wildman–Crippen MR) is 95.5 cm³/mol. The largest absolute Gasteiger partial charge is 0.494 e. The lowest BCUT2D eigenvalue weighted by atomic mass is 10.1. The van der Waals surface area contributed by atoms with Crippen LogP contribution in [-0.2, 0) is 6.42 Å². The Labute approximate surface area is 146 Å². The van der Waals surface area contributed by atoms with Crippen LogP contribution in [0.1, 0.15) is 23.0 Å². The molecule has 0 saturated heterocycles. The van der Waals surface area contributed by atoms with Gasteiger partial charge in [-0.1, -0.05) is 6.07 Å². The lowest BCUT2D eigenvalue weighted by Crippen LogP contribution is -2.26. The summed E-state index contributed by atoms with van der Waals surface area (Å²) >= 11 is 0. The molecular weight excluding hydrogens is 316 g/mol. The first-order chi connectivity index (χ1) is 12.3. The molecule has 0 atom stereocenters. The quantitative estimate of drug-likeness (QED) is 0.695. The van der Waals surface area contributed by atoms with Gasteiger partial charge in [-0.15, -0.1) is 0 Å². The highest BCUT2D eigenvalue weighted by atomic mass is 16.5. The number of hydrogen-bond donors (Lipinski definition) is 2. The second kappa shape index (κ2) is 8.10. The number of nitrogens with one attached hydrogen (secondary N) is 2. The summed E-state index contributed by atoms with van der Waals surface area (Å²) in [5.74, 6) is 0.642. The summed E-state index contributed by atoms with van der Waals surface area (Å²) in [7, 11) is 0. The Balaban J connectivity index is 1.57. The third-order valence-electron chi connectivity index (χ3n) is 3.71. The molecule has 6 heteroatoms. The van der Waals surface area contributed by atoms with Gasteiger partial charge >= 0.3 is 0 Å². The zero-order chi connectivity index (χ0) is 17.5. The number of aromatic nitrogens is 3. The Hall–Kier alpha value is -3.15. The van der Waals surface area contributed by atoms with Crippen LogP contribution in [-0.4, -0.2) is 34.2 Å². The summed E-state index contributed by atoms with van der Waals surface area (Å²) in [6.07, 6.45) is 4.26. The van der Waals surface area contributed by atoms with Crippen LogP contribution in [0.25, 0.3) is 11.3 Å². The van der Waals surface area contributed by atoms with E-state index in [9.17, 15) is 4.79 Å². The lowest BCUT2D eigenvalue weighted by molar-refractivity contribution is 0.0949. The molecule has 25 heavy (non-hydrogen) atoms. The van der Waals surface area contributed by atoms with Crippen LogP contribution in [0.5, 0.6) is 5.75 Å². The Morgan fingerprint density at radius 1 is 1.24 bits per heavy atom. The molecule has 0 aliphatic carbocycles. The van der Waals surface area contributed by atoms with Gasteiger partial charge in [0.05, 0.1) is 12.3 Å². The number of H-pyrrole nitrogens is 1. The van der Waals surface area contributed by atoms with E-state index in [1.807, 2.05) is 43.3 Å². The van der Waals surface area contributed by atoms with Gasteiger partial charge in [0.1, 0.15) is 11.4 Å². The van der Waals surface area contributed by atoms with Crippen molar-refractivity contribution in [3.8, 4) is 17.0 Å². The molecule has 0 bridgehead atoms. The van der Waals surface area contributed by atoms with E-state index in [0.717, 1.165) is 29.0 Å². The Kier molecular flexibility index (Phi) is 5.41. The smallest absolute Gasteiger partial charge is 0.269 e. The molecule has 2 aromatic heterocycles. The van der Waals surface area contributed by atoms with Gasteiger partial charge < -0.3 is 10.1 Å². The standard InChI is InChI=1S/C19H20N4O2/c1-2-25-16-7-5-15(6-8-16)17-12-18(23-22-17)19(24)21-11-9-14-4-3-10-20-13-14/h3-8,10,12-13H,2,9,11H2,1H3,(H,21,24)(H,22,23). The van der Waals surface area contributed by atoms with Crippen molar-refractivity contribution in [3.05, 3.63) is 66.1 Å². The van der Waals surface area contributed by atoms with Gasteiger partial charge in [0.25, 0.3) is 5.91 Å². The molecular formula is C19H20N4O2. The van der Waals surface area contributed by atoms with Crippen molar-refractivity contribution in [2.45, 2.75) is 13.3 Å². The van der Waals surface area contributed by atoms with Crippen molar-refractivity contribution in [2.24, 2.45) is 0 Å². The number of benzene rings is 1. The molecule has 3 aromatic rings. The third kappa shape index (κ3) is 4.44. The molecule has 1 aromatic carbocycles.